The van der Waals surface area contributed by atoms with Crippen molar-refractivity contribution in [3.63, 3.8) is 0 Å². The van der Waals surface area contributed by atoms with Crippen LogP contribution in [0, 0.1) is 5.92 Å². The number of hydrogen-bond acceptors (Lipinski definition) is 5. The molecule has 1 saturated carbocycles. The predicted molar refractivity (Wildman–Crippen MR) is 74.9 cm³/mol. The Bertz CT molecular complexity index is 600. The standard InChI is InChI=1S/C13H21N3O4S/c1-20-9-15-13(4-6-14-15)21(18,19)16-7-5-10-2-3-12(17)11(16)8-10/h4,6,10-12,17H,2-3,5,7-9H2,1H3. The highest BCUT2D eigenvalue weighted by Crippen LogP contribution is 2.37. The molecule has 0 aromatic carbocycles. The topological polar surface area (TPSA) is 84.7 Å². The second-order valence-corrected chi connectivity index (χ2v) is 7.64. The Labute approximate surface area is 124 Å². The van der Waals surface area contributed by atoms with E-state index in [-0.39, 0.29) is 17.8 Å². The molecule has 1 aliphatic heterocycles. The largest absolute Gasteiger partial charge is 0.391 e. The lowest BCUT2D eigenvalue weighted by atomic mass is 9.79. The fourth-order valence-electron chi connectivity index (χ4n) is 3.44. The minimum absolute atomic E-state index is 0.0885. The molecule has 0 radical (unpaired) electrons. The van der Waals surface area contributed by atoms with Crippen molar-refractivity contribution in [2.45, 2.75) is 49.6 Å². The summed E-state index contributed by atoms with van der Waals surface area (Å²) < 4.78 is 33.5. The van der Waals surface area contributed by atoms with Crippen molar-refractivity contribution in [1.82, 2.24) is 14.1 Å². The van der Waals surface area contributed by atoms with Crippen LogP contribution in [-0.4, -0.2) is 53.4 Å². The maximum Gasteiger partial charge on any atom is 0.260 e. The van der Waals surface area contributed by atoms with Crippen molar-refractivity contribution in [1.29, 1.82) is 0 Å². The van der Waals surface area contributed by atoms with E-state index < -0.39 is 16.1 Å². The van der Waals surface area contributed by atoms with Crippen molar-refractivity contribution in [2.24, 2.45) is 5.92 Å². The zero-order valence-corrected chi connectivity index (χ0v) is 12.9. The Morgan fingerprint density at radius 3 is 3.00 bits per heavy atom. The van der Waals surface area contributed by atoms with Gasteiger partial charge in [0.2, 0.25) is 0 Å². The molecule has 7 nitrogen and oxygen atoms in total. The Morgan fingerprint density at radius 2 is 2.24 bits per heavy atom. The highest BCUT2D eigenvalue weighted by atomic mass is 32.2. The summed E-state index contributed by atoms with van der Waals surface area (Å²) in [6.07, 6.45) is 4.16. The maximum absolute atomic E-state index is 12.9. The predicted octanol–water partition coefficient (Wildman–Crippen LogP) is 0.411. The molecule has 0 amide bonds. The smallest absolute Gasteiger partial charge is 0.260 e. The molecule has 2 fully saturated rings. The van der Waals surface area contributed by atoms with Crippen LogP contribution >= 0.6 is 0 Å². The van der Waals surface area contributed by atoms with Gasteiger partial charge in [-0.25, -0.2) is 13.1 Å². The summed E-state index contributed by atoms with van der Waals surface area (Å²) in [4.78, 5) is 0. The van der Waals surface area contributed by atoms with E-state index in [9.17, 15) is 13.5 Å². The molecule has 1 saturated heterocycles. The van der Waals surface area contributed by atoms with Crippen LogP contribution in [0.2, 0.25) is 0 Å². The summed E-state index contributed by atoms with van der Waals surface area (Å²) in [5.41, 5.74) is 0. The Balaban J connectivity index is 1.92. The van der Waals surface area contributed by atoms with Gasteiger partial charge >= 0.3 is 0 Å². The summed E-state index contributed by atoms with van der Waals surface area (Å²) in [5, 5.41) is 14.3. The van der Waals surface area contributed by atoms with Crippen LogP contribution in [-0.2, 0) is 21.5 Å². The fraction of sp³-hybridized carbons (Fsp3) is 0.769. The second kappa shape index (κ2) is 5.68. The van der Waals surface area contributed by atoms with Crippen LogP contribution < -0.4 is 0 Å². The van der Waals surface area contributed by atoms with E-state index in [1.54, 1.807) is 0 Å². The number of aromatic nitrogens is 2. The van der Waals surface area contributed by atoms with Gasteiger partial charge in [-0.2, -0.15) is 9.40 Å². The third-order valence-electron chi connectivity index (χ3n) is 4.52. The number of nitrogens with zero attached hydrogens (tertiary/aromatic N) is 3. The third-order valence-corrected chi connectivity index (χ3v) is 6.47. The van der Waals surface area contributed by atoms with Gasteiger partial charge in [-0.05, 0) is 37.7 Å². The molecule has 1 aromatic rings. The zero-order valence-electron chi connectivity index (χ0n) is 12.1. The molecule has 1 aromatic heterocycles. The molecular formula is C13H21N3O4S. The minimum Gasteiger partial charge on any atom is -0.391 e. The van der Waals surface area contributed by atoms with Gasteiger partial charge in [0.05, 0.1) is 18.3 Å². The van der Waals surface area contributed by atoms with Crippen molar-refractivity contribution in [3.8, 4) is 0 Å². The summed E-state index contributed by atoms with van der Waals surface area (Å²) in [5.74, 6) is 0.536. The highest BCUT2D eigenvalue weighted by Gasteiger charge is 2.43. The van der Waals surface area contributed by atoms with E-state index in [0.717, 1.165) is 19.3 Å². The normalized spacial score (nSPS) is 30.5. The molecule has 3 rings (SSSR count). The number of aliphatic hydroxyl groups is 1. The van der Waals surface area contributed by atoms with E-state index in [0.29, 0.717) is 18.9 Å². The van der Waals surface area contributed by atoms with Gasteiger partial charge in [-0.1, -0.05) is 0 Å². The van der Waals surface area contributed by atoms with Gasteiger partial charge in [0, 0.05) is 13.7 Å². The molecule has 3 atom stereocenters. The first kappa shape index (κ1) is 15.0. The van der Waals surface area contributed by atoms with Gasteiger partial charge in [0.25, 0.3) is 10.0 Å². The van der Waals surface area contributed by atoms with E-state index in [1.807, 2.05) is 0 Å². The van der Waals surface area contributed by atoms with Crippen molar-refractivity contribution < 1.29 is 18.3 Å². The summed E-state index contributed by atoms with van der Waals surface area (Å²) >= 11 is 0. The first-order valence-electron chi connectivity index (χ1n) is 7.24. The number of ether oxygens (including phenoxy) is 1. The molecule has 21 heavy (non-hydrogen) atoms. The number of fused-ring (bicyclic) bond motifs is 2. The van der Waals surface area contributed by atoms with Crippen molar-refractivity contribution in [3.05, 3.63) is 12.3 Å². The molecule has 118 valence electrons. The zero-order chi connectivity index (χ0) is 15.0. The van der Waals surface area contributed by atoms with Crippen LogP contribution in [0.5, 0.6) is 0 Å². The molecule has 2 aliphatic rings. The van der Waals surface area contributed by atoms with Gasteiger partial charge < -0.3 is 9.84 Å². The summed E-state index contributed by atoms with van der Waals surface area (Å²) in [6, 6.07) is 1.17. The van der Waals surface area contributed by atoms with E-state index in [2.05, 4.69) is 5.10 Å². The molecule has 3 unspecified atom stereocenters. The average Bonchev–Trinajstić information content (AvgIpc) is 2.93. The number of hydrogen-bond donors (Lipinski definition) is 1. The first-order valence-corrected chi connectivity index (χ1v) is 8.68. The molecule has 0 spiro atoms. The van der Waals surface area contributed by atoms with Gasteiger partial charge in [-0.15, -0.1) is 0 Å². The number of sulfonamides is 1. The van der Waals surface area contributed by atoms with Crippen molar-refractivity contribution in [2.75, 3.05) is 13.7 Å². The number of methoxy groups -OCH3 is 1. The van der Waals surface area contributed by atoms with Crippen molar-refractivity contribution >= 4 is 10.0 Å². The van der Waals surface area contributed by atoms with E-state index >= 15 is 0 Å². The van der Waals surface area contributed by atoms with Crippen LogP contribution in [0.25, 0.3) is 0 Å². The van der Waals surface area contributed by atoms with Gasteiger partial charge in [0.15, 0.2) is 5.03 Å². The molecule has 2 heterocycles. The lowest BCUT2D eigenvalue weighted by Gasteiger charge is -2.44. The Hall–Kier alpha value is -0.960. The lowest BCUT2D eigenvalue weighted by Crippen LogP contribution is -2.54. The Morgan fingerprint density at radius 1 is 1.43 bits per heavy atom. The van der Waals surface area contributed by atoms with Gasteiger partial charge in [0.1, 0.15) is 6.73 Å². The molecule has 1 N–H and O–H groups in total. The van der Waals surface area contributed by atoms with Crippen LogP contribution in [0.1, 0.15) is 25.7 Å². The molecule has 2 bridgehead atoms. The summed E-state index contributed by atoms with van der Waals surface area (Å²) in [6.45, 7) is 0.554. The maximum atomic E-state index is 12.9. The van der Waals surface area contributed by atoms with E-state index in [1.165, 1.54) is 28.4 Å². The third kappa shape index (κ3) is 2.61. The molecule has 1 aliphatic carbocycles. The minimum atomic E-state index is -3.66. The SMILES string of the molecule is COCn1nccc1S(=O)(=O)N1CCC2CCC(O)C1C2. The van der Waals surface area contributed by atoms with Gasteiger partial charge in [-0.3, -0.25) is 0 Å². The lowest BCUT2D eigenvalue weighted by molar-refractivity contribution is 0.00937. The Kier molecular flexibility index (Phi) is 4.04. The quantitative estimate of drug-likeness (QED) is 0.870. The number of piperidine rings is 1. The number of aliphatic hydroxyl groups excluding tert-OH is 1. The summed E-state index contributed by atoms with van der Waals surface area (Å²) in [7, 11) is -2.17. The molecular weight excluding hydrogens is 294 g/mol. The monoisotopic (exact) mass is 315 g/mol. The van der Waals surface area contributed by atoms with E-state index in [4.69, 9.17) is 4.74 Å². The van der Waals surface area contributed by atoms with Crippen LogP contribution in [0.3, 0.4) is 0 Å². The average molecular weight is 315 g/mol. The van der Waals surface area contributed by atoms with Crippen LogP contribution in [0.4, 0.5) is 0 Å². The number of rotatable bonds is 4. The highest BCUT2D eigenvalue weighted by molar-refractivity contribution is 7.89. The first-order chi connectivity index (χ1) is 10.0. The van der Waals surface area contributed by atoms with Crippen LogP contribution in [0.15, 0.2) is 17.3 Å². The fourth-order valence-corrected chi connectivity index (χ4v) is 5.21. The molecule has 8 heteroatoms. The second-order valence-electron chi connectivity index (χ2n) is 5.80.